The number of nitrogen functional groups attached to an aromatic ring is 1. The van der Waals surface area contributed by atoms with Crippen molar-refractivity contribution < 1.29 is 43.0 Å². The molecule has 0 radical (unpaired) electrons. The van der Waals surface area contributed by atoms with E-state index in [1.165, 1.54) is 0 Å². The fourth-order valence-electron chi connectivity index (χ4n) is 14.3. The van der Waals surface area contributed by atoms with Gasteiger partial charge in [0.25, 0.3) is 29.5 Å². The van der Waals surface area contributed by atoms with Crippen molar-refractivity contribution >= 4 is 41.3 Å². The molecule has 9 N–H and O–H groups in total. The van der Waals surface area contributed by atoms with Gasteiger partial charge in [0, 0.05) is 81.5 Å². The minimum atomic E-state index is -0.613. The summed E-state index contributed by atoms with van der Waals surface area (Å²) in [6.07, 6.45) is 14.3. The van der Waals surface area contributed by atoms with Crippen LogP contribution in [0.2, 0.25) is 0 Å². The lowest BCUT2D eigenvalue weighted by atomic mass is 9.65. The third kappa shape index (κ3) is 16.7. The number of hydrogen-bond donors (Lipinski definition) is 5. The molecule has 2 saturated carbocycles. The van der Waals surface area contributed by atoms with E-state index in [1.54, 1.807) is 44.0 Å². The first-order valence-electron chi connectivity index (χ1n) is 34.4. The molecular formula is C80H82N14O9. The van der Waals surface area contributed by atoms with E-state index in [0.29, 0.717) is 65.1 Å². The maximum Gasteiger partial charge on any atom is 0.298 e. The Bertz CT molecular complexity index is 4710. The number of hydrogen-bond acceptors (Lipinski definition) is 14. The Morgan fingerprint density at radius 3 is 1.34 bits per heavy atom. The van der Waals surface area contributed by atoms with E-state index >= 15 is 0 Å². The Morgan fingerprint density at radius 2 is 0.932 bits per heavy atom. The third-order valence-corrected chi connectivity index (χ3v) is 19.6. The Kier molecular flexibility index (Phi) is 21.6. The highest BCUT2D eigenvalue weighted by atomic mass is 16.5. The summed E-state index contributed by atoms with van der Waals surface area (Å²) < 4.78 is 23.0. The zero-order chi connectivity index (χ0) is 72.2. The summed E-state index contributed by atoms with van der Waals surface area (Å²) in [7, 11) is 1.61. The lowest BCUT2D eigenvalue weighted by Gasteiger charge is -2.45. The van der Waals surface area contributed by atoms with Crippen molar-refractivity contribution in [3.8, 4) is 92.0 Å². The number of likely N-dealkylation sites (N-methyl/N-ethyl adjacent to an activating group) is 1. The van der Waals surface area contributed by atoms with Crippen LogP contribution in [-0.2, 0) is 14.4 Å². The number of nitrogens with one attached hydrogen (secondary N) is 1. The summed E-state index contributed by atoms with van der Waals surface area (Å²) >= 11 is 0. The minimum absolute atomic E-state index is 0.0508. The quantitative estimate of drug-likeness (QED) is 0.0394. The van der Waals surface area contributed by atoms with Crippen molar-refractivity contribution in [3.63, 3.8) is 0 Å². The van der Waals surface area contributed by atoms with Crippen molar-refractivity contribution in [1.29, 1.82) is 0 Å². The van der Waals surface area contributed by atoms with Crippen LogP contribution in [0.1, 0.15) is 114 Å². The van der Waals surface area contributed by atoms with Crippen molar-refractivity contribution in [3.05, 3.63) is 205 Å². The summed E-state index contributed by atoms with van der Waals surface area (Å²) in [6, 6.07) is 51.2. The molecule has 5 aliphatic rings. The number of piperidine rings is 1. The predicted molar refractivity (Wildman–Crippen MR) is 391 cm³/mol. The molecule has 2 spiro atoms. The van der Waals surface area contributed by atoms with Crippen molar-refractivity contribution in [2.45, 2.75) is 83.3 Å². The van der Waals surface area contributed by atoms with Gasteiger partial charge in [0.05, 0.1) is 29.3 Å². The fraction of sp³-hybridized carbons (Fsp3) is 0.287. The van der Waals surface area contributed by atoms with Gasteiger partial charge in [-0.2, -0.15) is 15.3 Å². The molecule has 14 rings (SSSR count). The number of carbonyl (C=O) groups excluding carboxylic acids is 6. The molecule has 6 amide bonds. The molecule has 526 valence electrons. The zero-order valence-corrected chi connectivity index (χ0v) is 57.7. The number of para-hydroxylation sites is 3. The number of aromatic nitrogens is 6. The maximum absolute atomic E-state index is 12.3. The van der Waals surface area contributed by atoms with Crippen LogP contribution in [0, 0.1) is 34.5 Å². The van der Waals surface area contributed by atoms with E-state index in [9.17, 15) is 28.8 Å². The van der Waals surface area contributed by atoms with Gasteiger partial charge in [0.15, 0.2) is 0 Å². The van der Waals surface area contributed by atoms with Crippen LogP contribution >= 0.6 is 0 Å². The largest absolute Gasteiger partial charge is 0.457 e. The number of primary amides is 3. The number of nitrogens with zero attached hydrogens (tertiary/aromatic N) is 9. The van der Waals surface area contributed by atoms with Crippen LogP contribution in [0.3, 0.4) is 0 Å². The highest BCUT2D eigenvalue weighted by Gasteiger charge is 2.52. The molecule has 1 atom stereocenters. The molecule has 23 nitrogen and oxygen atoms in total. The number of likely N-dealkylation sites (tertiary alicyclic amines) is 3. The summed E-state index contributed by atoms with van der Waals surface area (Å²) in [5, 5.41) is 16.8. The molecular weight excluding hydrogens is 1300 g/mol. The van der Waals surface area contributed by atoms with Crippen LogP contribution in [0.4, 0.5) is 5.82 Å². The Hall–Kier alpha value is -12.2. The molecule has 6 heterocycles. The van der Waals surface area contributed by atoms with Gasteiger partial charge in [-0.25, -0.2) is 4.68 Å². The minimum Gasteiger partial charge on any atom is -0.457 e. The average molecular weight is 1380 g/mol. The topological polar surface area (TPSA) is 309 Å². The summed E-state index contributed by atoms with van der Waals surface area (Å²) in [5.74, 6) is 13.2. The highest BCUT2D eigenvalue weighted by Crippen LogP contribution is 2.56. The van der Waals surface area contributed by atoms with Gasteiger partial charge >= 0.3 is 0 Å². The van der Waals surface area contributed by atoms with Gasteiger partial charge in [-0.3, -0.25) is 43.0 Å². The van der Waals surface area contributed by atoms with Gasteiger partial charge in [0.2, 0.25) is 5.91 Å². The molecule has 0 unspecified atom stereocenters. The molecule has 0 bridgehead atoms. The number of rotatable bonds is 18. The molecule has 23 heteroatoms. The van der Waals surface area contributed by atoms with Gasteiger partial charge in [-0.05, 0) is 204 Å². The van der Waals surface area contributed by atoms with Crippen LogP contribution in [0.15, 0.2) is 188 Å². The second-order valence-electron chi connectivity index (χ2n) is 26.6. The van der Waals surface area contributed by atoms with E-state index in [0.717, 1.165) is 111 Å². The number of nitrogens with two attached hydrogens (primary N) is 4. The number of ether oxygens (including phenoxy) is 3. The van der Waals surface area contributed by atoms with Gasteiger partial charge < -0.3 is 52.3 Å². The Labute approximate surface area is 597 Å². The zero-order valence-electron chi connectivity index (χ0n) is 57.7. The van der Waals surface area contributed by atoms with E-state index < -0.39 is 17.7 Å². The van der Waals surface area contributed by atoms with Crippen LogP contribution in [-0.4, -0.2) is 132 Å². The molecule has 2 aliphatic carbocycles. The number of amides is 6. The van der Waals surface area contributed by atoms with Gasteiger partial charge in [-0.1, -0.05) is 72.5 Å². The second kappa shape index (κ2) is 31.5. The first-order valence-corrected chi connectivity index (χ1v) is 34.4. The van der Waals surface area contributed by atoms with Crippen molar-refractivity contribution in [2.75, 3.05) is 58.6 Å². The van der Waals surface area contributed by atoms with Gasteiger partial charge in [0.1, 0.15) is 63.0 Å². The lowest BCUT2D eigenvalue weighted by Crippen LogP contribution is -2.42. The smallest absolute Gasteiger partial charge is 0.298 e. The molecule has 3 aromatic heterocycles. The van der Waals surface area contributed by atoms with E-state index in [1.807, 2.05) is 189 Å². The van der Waals surface area contributed by atoms with Crippen LogP contribution in [0.5, 0.6) is 34.5 Å². The van der Waals surface area contributed by atoms with Crippen LogP contribution < -0.4 is 42.5 Å². The fourth-order valence-corrected chi connectivity index (χ4v) is 14.3. The Morgan fingerprint density at radius 1 is 0.524 bits per heavy atom. The molecule has 3 aliphatic heterocycles. The standard InChI is InChI=1S/C27H27N5O3.C27H26N4O3.C26H29N5O3/c1-2-6-22(33)31-14-13-27(17-31)15-19(16-27)32-25(28)23(26(29)34)24(30-32)18-9-11-21(12-10-18)35-20-7-4-3-5-8-20;1-2-6-24(32)30-14-13-27(18-30)15-20(16-27)31-17-23(26(28)33)25(29-31)19-9-11-22(12-10-19)34-21-7-4-3-5-8-21;1-28-24(32)10-6-16-30-15-5-7-20(17-30)31-18-23(26(27)33)25(29-31)19-11-13-22(14-12-19)34-21-8-3-2-4-9-21/h3-5,7-12,19H,13-17,28H2,1H3,(H2,29,34);3-5,7-12,17,20H,13-16,18H2,1H3,(H2,28,33);2-4,6,8-14,18,20H,5,7,15-17H2,1H3,(H2,27,33)(H,28,32)/b;;10-6+/t;;20-/m..1/s1. The predicted octanol–water partition coefficient (Wildman–Crippen LogP) is 11.0. The Balaban J connectivity index is 0.000000146. The summed E-state index contributed by atoms with van der Waals surface area (Å²) in [5.41, 5.74) is 28.6. The van der Waals surface area contributed by atoms with E-state index in [2.05, 4.69) is 33.9 Å². The monoisotopic (exact) mass is 1380 g/mol. The molecule has 103 heavy (non-hydrogen) atoms. The molecule has 6 aromatic carbocycles. The normalized spacial score (nSPS) is 19.4. The van der Waals surface area contributed by atoms with Gasteiger partial charge in [-0.15, -0.1) is 0 Å². The molecule has 3 saturated heterocycles. The van der Waals surface area contributed by atoms with Crippen molar-refractivity contribution in [2.24, 2.45) is 28.0 Å². The lowest BCUT2D eigenvalue weighted by molar-refractivity contribution is -0.125. The number of benzene rings is 6. The highest BCUT2D eigenvalue weighted by molar-refractivity contribution is 6.03. The van der Waals surface area contributed by atoms with E-state index in [-0.39, 0.29) is 58.1 Å². The third-order valence-electron chi connectivity index (χ3n) is 19.6. The van der Waals surface area contributed by atoms with Crippen LogP contribution in [0.25, 0.3) is 33.8 Å². The number of anilines is 1. The summed E-state index contributed by atoms with van der Waals surface area (Å²) in [4.78, 5) is 78.2. The maximum atomic E-state index is 12.3. The number of carbonyl (C=O) groups is 6. The second-order valence-corrected chi connectivity index (χ2v) is 26.6. The first-order chi connectivity index (χ1) is 49.9. The first kappa shape index (κ1) is 70.6. The average Bonchev–Trinajstić information content (AvgIpc) is 1.61. The molecule has 9 aromatic rings. The van der Waals surface area contributed by atoms with Crippen molar-refractivity contribution in [1.82, 2.24) is 49.4 Å². The molecule has 5 fully saturated rings. The van der Waals surface area contributed by atoms with E-state index in [4.69, 9.17) is 52.4 Å². The summed E-state index contributed by atoms with van der Waals surface area (Å²) in [6.45, 7) is 8.64. The SMILES string of the molecule is CC#CC(=O)N1CCC2(CC(n3cc(C(N)=O)c(-c4ccc(Oc5ccccc5)cc4)n3)C2)C1.CC#CC(=O)N1CCC2(CC(n3nc(-c4ccc(Oc5ccccc5)cc4)c(C(N)=O)c3N)C2)C1.CNC(=O)/C=C/CN1CCC[C@@H](n2cc(C(N)=O)c(-c3ccc(Oc4ccccc4)cc3)n2)C1.